The van der Waals surface area contributed by atoms with Gasteiger partial charge in [0, 0.05) is 25.0 Å². The van der Waals surface area contributed by atoms with Gasteiger partial charge in [0.15, 0.2) is 0 Å². The highest BCUT2D eigenvalue weighted by Crippen LogP contribution is 2.08. The molecule has 2 aromatic rings. The molecule has 92 valence electrons. The summed E-state index contributed by atoms with van der Waals surface area (Å²) in [5, 5.41) is 7.37. The van der Waals surface area contributed by atoms with E-state index in [1.807, 2.05) is 11.7 Å². The number of hydrogen-bond acceptors (Lipinski definition) is 3. The summed E-state index contributed by atoms with van der Waals surface area (Å²) in [4.78, 5) is 4.30. The highest BCUT2D eigenvalue weighted by Gasteiger charge is 2.07. The monoisotopic (exact) mass is 233 g/mol. The smallest absolute Gasteiger partial charge is 0.147 e. The number of hydrogen-bond donors (Lipinski definition) is 1. The highest BCUT2D eigenvalue weighted by atomic mass is 15.4. The van der Waals surface area contributed by atoms with Crippen LogP contribution >= 0.6 is 0 Å². The summed E-state index contributed by atoms with van der Waals surface area (Å²) >= 11 is 0. The minimum Gasteiger partial charge on any atom is -0.346 e. The molecule has 2 heterocycles. The van der Waals surface area contributed by atoms with Gasteiger partial charge in [-0.25, -0.2) is 9.67 Å². The Kier molecular flexibility index (Phi) is 3.58. The zero-order valence-corrected chi connectivity index (χ0v) is 10.6. The van der Waals surface area contributed by atoms with Gasteiger partial charge < -0.3 is 9.88 Å². The molecule has 0 aliphatic heterocycles. The Bertz CT molecular complexity index is 469. The summed E-state index contributed by atoms with van der Waals surface area (Å²) in [5.74, 6) is 0.992. The van der Waals surface area contributed by atoms with E-state index in [9.17, 15) is 0 Å². The highest BCUT2D eigenvalue weighted by molar-refractivity contribution is 5.10. The van der Waals surface area contributed by atoms with E-state index in [0.29, 0.717) is 6.04 Å². The molecule has 0 atom stereocenters. The predicted molar refractivity (Wildman–Crippen MR) is 66.7 cm³/mol. The average molecular weight is 233 g/mol. The molecule has 0 aliphatic rings. The first-order valence-corrected chi connectivity index (χ1v) is 5.88. The zero-order chi connectivity index (χ0) is 12.3. The van der Waals surface area contributed by atoms with Crippen molar-refractivity contribution in [3.63, 3.8) is 0 Å². The van der Waals surface area contributed by atoms with Crippen LogP contribution in [0.1, 0.15) is 31.3 Å². The van der Waals surface area contributed by atoms with E-state index in [0.717, 1.165) is 18.9 Å². The van der Waals surface area contributed by atoms with Crippen LogP contribution in [-0.2, 0) is 13.1 Å². The molecule has 0 radical (unpaired) electrons. The van der Waals surface area contributed by atoms with Crippen LogP contribution in [0.15, 0.2) is 24.8 Å². The van der Waals surface area contributed by atoms with Gasteiger partial charge in [0.1, 0.15) is 12.2 Å². The molecule has 5 nitrogen and oxygen atoms in total. The van der Waals surface area contributed by atoms with Gasteiger partial charge in [-0.3, -0.25) is 0 Å². The molecular formula is C12H19N5. The number of aromatic nitrogens is 4. The molecule has 0 unspecified atom stereocenters. The molecule has 0 amide bonds. The maximum atomic E-state index is 4.30. The molecule has 17 heavy (non-hydrogen) atoms. The van der Waals surface area contributed by atoms with Crippen LogP contribution in [0.5, 0.6) is 0 Å². The van der Waals surface area contributed by atoms with Crippen LogP contribution in [-0.4, -0.2) is 26.4 Å². The summed E-state index contributed by atoms with van der Waals surface area (Å²) in [5.41, 5.74) is 1.28. The number of nitrogens with one attached hydrogen (secondary N) is 1. The van der Waals surface area contributed by atoms with E-state index < -0.39 is 0 Å². The molecule has 0 spiro atoms. The molecule has 0 fully saturated rings. The van der Waals surface area contributed by atoms with Crippen LogP contribution < -0.4 is 5.32 Å². The lowest BCUT2D eigenvalue weighted by atomic mass is 10.3. The minimum atomic E-state index is 0.347. The summed E-state index contributed by atoms with van der Waals surface area (Å²) < 4.78 is 4.09. The molecule has 0 aliphatic carbocycles. The van der Waals surface area contributed by atoms with Gasteiger partial charge in [-0.2, -0.15) is 5.10 Å². The third kappa shape index (κ3) is 2.74. The summed E-state index contributed by atoms with van der Waals surface area (Å²) in [6.45, 7) is 5.88. The molecule has 0 saturated carbocycles. The number of nitrogens with zero attached hydrogens (tertiary/aromatic N) is 4. The maximum absolute atomic E-state index is 4.30. The van der Waals surface area contributed by atoms with Gasteiger partial charge in [-0.15, -0.1) is 0 Å². The van der Waals surface area contributed by atoms with Gasteiger partial charge in [-0.1, -0.05) is 0 Å². The van der Waals surface area contributed by atoms with E-state index in [1.54, 1.807) is 6.33 Å². The minimum absolute atomic E-state index is 0.347. The molecule has 5 heteroatoms. The third-order valence-corrected chi connectivity index (χ3v) is 2.65. The first-order valence-electron chi connectivity index (χ1n) is 5.88. The molecule has 2 aromatic heterocycles. The van der Waals surface area contributed by atoms with Crippen LogP contribution in [0.3, 0.4) is 0 Å². The van der Waals surface area contributed by atoms with Crippen LogP contribution in [0.4, 0.5) is 0 Å². The van der Waals surface area contributed by atoms with Crippen molar-refractivity contribution in [1.82, 2.24) is 24.6 Å². The number of rotatable bonds is 5. The summed E-state index contributed by atoms with van der Waals surface area (Å²) in [6.07, 6.45) is 5.83. The van der Waals surface area contributed by atoms with E-state index in [2.05, 4.69) is 52.3 Å². The Hall–Kier alpha value is -1.62. The van der Waals surface area contributed by atoms with Crippen molar-refractivity contribution in [1.29, 1.82) is 0 Å². The summed E-state index contributed by atoms with van der Waals surface area (Å²) in [6, 6.07) is 2.46. The van der Waals surface area contributed by atoms with Crippen molar-refractivity contribution in [2.45, 2.75) is 33.0 Å². The largest absolute Gasteiger partial charge is 0.346 e. The van der Waals surface area contributed by atoms with E-state index in [-0.39, 0.29) is 0 Å². The fourth-order valence-electron chi connectivity index (χ4n) is 1.88. The van der Waals surface area contributed by atoms with Crippen molar-refractivity contribution < 1.29 is 0 Å². The van der Waals surface area contributed by atoms with Crippen LogP contribution in [0, 0.1) is 0 Å². The van der Waals surface area contributed by atoms with Gasteiger partial charge >= 0.3 is 0 Å². The fraction of sp³-hybridized carbons (Fsp3) is 0.500. The average Bonchev–Trinajstić information content (AvgIpc) is 2.89. The van der Waals surface area contributed by atoms with Crippen molar-refractivity contribution in [3.05, 3.63) is 36.2 Å². The quantitative estimate of drug-likeness (QED) is 0.850. The predicted octanol–water partition coefficient (Wildman–Crippen LogP) is 1.43. The zero-order valence-electron chi connectivity index (χ0n) is 10.6. The van der Waals surface area contributed by atoms with Crippen molar-refractivity contribution in [2.24, 2.45) is 0 Å². The normalized spacial score (nSPS) is 11.3. The Morgan fingerprint density at radius 3 is 2.94 bits per heavy atom. The summed E-state index contributed by atoms with van der Waals surface area (Å²) in [7, 11) is 1.95. The maximum Gasteiger partial charge on any atom is 0.147 e. The topological polar surface area (TPSA) is 47.7 Å². The second-order valence-electron chi connectivity index (χ2n) is 4.44. The van der Waals surface area contributed by atoms with Crippen LogP contribution in [0.25, 0.3) is 0 Å². The lowest BCUT2D eigenvalue weighted by Gasteiger charge is -2.09. The van der Waals surface area contributed by atoms with E-state index >= 15 is 0 Å². The Labute approximate surface area is 101 Å². The Balaban J connectivity index is 2.11. The second-order valence-corrected chi connectivity index (χ2v) is 4.44. The van der Waals surface area contributed by atoms with Gasteiger partial charge in [-0.05, 0) is 32.5 Å². The molecule has 2 rings (SSSR count). The van der Waals surface area contributed by atoms with Gasteiger partial charge in [0.25, 0.3) is 0 Å². The second kappa shape index (κ2) is 5.14. The van der Waals surface area contributed by atoms with Crippen molar-refractivity contribution in [2.75, 3.05) is 7.05 Å². The lowest BCUT2D eigenvalue weighted by molar-refractivity contribution is 0.496. The first kappa shape index (κ1) is 11.9. The van der Waals surface area contributed by atoms with E-state index in [1.165, 1.54) is 5.56 Å². The fourth-order valence-corrected chi connectivity index (χ4v) is 1.88. The van der Waals surface area contributed by atoms with E-state index in [4.69, 9.17) is 0 Å². The molecule has 0 aromatic carbocycles. The van der Waals surface area contributed by atoms with Gasteiger partial charge in [0.05, 0.1) is 6.54 Å². The van der Waals surface area contributed by atoms with Crippen LogP contribution in [0.2, 0.25) is 0 Å². The third-order valence-electron chi connectivity index (χ3n) is 2.65. The molecular weight excluding hydrogens is 214 g/mol. The first-order chi connectivity index (χ1) is 8.20. The Morgan fingerprint density at radius 1 is 1.41 bits per heavy atom. The van der Waals surface area contributed by atoms with Gasteiger partial charge in [0.2, 0.25) is 0 Å². The molecule has 0 saturated heterocycles. The molecule has 1 N–H and O–H groups in total. The lowest BCUT2D eigenvalue weighted by Crippen LogP contribution is -2.11. The molecule has 0 bridgehead atoms. The van der Waals surface area contributed by atoms with Crippen molar-refractivity contribution in [3.8, 4) is 0 Å². The standard InChI is InChI=1S/C12H19N5/c1-10(2)17-12(14-9-15-17)8-16-5-4-11(7-16)6-13-3/h4-5,7,9-10,13H,6,8H2,1-3H3. The van der Waals surface area contributed by atoms with Crippen molar-refractivity contribution >= 4 is 0 Å². The Morgan fingerprint density at radius 2 is 2.24 bits per heavy atom. The SMILES string of the molecule is CNCc1ccn(Cc2ncnn2C(C)C)c1.